The lowest BCUT2D eigenvalue weighted by atomic mass is 9.92. The zero-order chi connectivity index (χ0) is 14.7. The minimum absolute atomic E-state index is 0.0418. The van der Waals surface area contributed by atoms with Crippen molar-refractivity contribution in [1.82, 2.24) is 4.90 Å². The first-order valence-electron chi connectivity index (χ1n) is 7.48. The molecule has 114 valence electrons. The number of nitrogens with zero attached hydrogens (tertiary/aromatic N) is 1. The van der Waals surface area contributed by atoms with Crippen LogP contribution >= 0.6 is 0 Å². The average Bonchev–Trinajstić information content (AvgIpc) is 2.95. The number of fused-ring (bicyclic) bond motifs is 1. The van der Waals surface area contributed by atoms with Gasteiger partial charge in [0.05, 0.1) is 25.4 Å². The molecule has 21 heavy (non-hydrogen) atoms. The molecule has 0 aliphatic carbocycles. The van der Waals surface area contributed by atoms with E-state index in [9.17, 15) is 4.79 Å². The number of amides is 1. The molecule has 2 fully saturated rings. The highest BCUT2D eigenvalue weighted by Gasteiger charge is 2.40. The van der Waals surface area contributed by atoms with Crippen LogP contribution in [0.2, 0.25) is 0 Å². The molecule has 3 rings (SSSR count). The number of hydrogen-bond acceptors (Lipinski definition) is 4. The van der Waals surface area contributed by atoms with Crippen molar-refractivity contribution in [3.8, 4) is 0 Å². The molecule has 2 heterocycles. The molecule has 0 spiro atoms. The summed E-state index contributed by atoms with van der Waals surface area (Å²) in [6, 6.07) is 9.66. The zero-order valence-electron chi connectivity index (χ0n) is 12.0. The second kappa shape index (κ2) is 6.45. The van der Waals surface area contributed by atoms with Gasteiger partial charge in [0.1, 0.15) is 6.61 Å². The molecule has 2 aliphatic rings. The number of aliphatic hydroxyl groups excluding tert-OH is 1. The predicted molar refractivity (Wildman–Crippen MR) is 76.7 cm³/mol. The van der Waals surface area contributed by atoms with Gasteiger partial charge in [-0.2, -0.15) is 0 Å². The fourth-order valence-electron chi connectivity index (χ4n) is 3.12. The Bertz CT molecular complexity index is 478. The molecule has 0 saturated carbocycles. The number of piperidine rings is 1. The Morgan fingerprint density at radius 1 is 1.38 bits per heavy atom. The van der Waals surface area contributed by atoms with Gasteiger partial charge in [0.25, 0.3) is 0 Å². The van der Waals surface area contributed by atoms with Gasteiger partial charge in [0.2, 0.25) is 0 Å². The van der Waals surface area contributed by atoms with E-state index in [2.05, 4.69) is 0 Å². The summed E-state index contributed by atoms with van der Waals surface area (Å²) in [5, 5.41) is 9.17. The van der Waals surface area contributed by atoms with Crippen molar-refractivity contribution in [3.05, 3.63) is 35.9 Å². The summed E-state index contributed by atoms with van der Waals surface area (Å²) in [6.45, 7) is 1.63. The molecular formula is C16H21NO4. The summed E-state index contributed by atoms with van der Waals surface area (Å²) in [5.41, 5.74) is 0.984. The van der Waals surface area contributed by atoms with Crippen LogP contribution in [0.25, 0.3) is 0 Å². The molecule has 0 bridgehead atoms. The molecule has 2 saturated heterocycles. The van der Waals surface area contributed by atoms with E-state index in [-0.39, 0.29) is 24.9 Å². The standard InChI is InChI=1S/C16H21NO4/c18-10-14-8-13-6-7-17(9-15(13)21-14)16(19)20-11-12-4-2-1-3-5-12/h1-5,13-15,18H,6-11H2/t13-,14+,15+/m0/s1. The van der Waals surface area contributed by atoms with Crippen LogP contribution in [-0.2, 0) is 16.1 Å². The average molecular weight is 291 g/mol. The number of benzene rings is 1. The van der Waals surface area contributed by atoms with Crippen molar-refractivity contribution in [1.29, 1.82) is 0 Å². The van der Waals surface area contributed by atoms with E-state index in [0.717, 1.165) is 18.4 Å². The molecule has 0 radical (unpaired) electrons. The minimum Gasteiger partial charge on any atom is -0.445 e. The number of carbonyl (C=O) groups is 1. The van der Waals surface area contributed by atoms with Crippen LogP contribution in [0.1, 0.15) is 18.4 Å². The maximum atomic E-state index is 12.1. The van der Waals surface area contributed by atoms with E-state index in [1.807, 2.05) is 30.3 Å². The Morgan fingerprint density at radius 2 is 2.19 bits per heavy atom. The van der Waals surface area contributed by atoms with Crippen molar-refractivity contribution in [2.24, 2.45) is 5.92 Å². The summed E-state index contributed by atoms with van der Waals surface area (Å²) in [4.78, 5) is 13.8. The summed E-state index contributed by atoms with van der Waals surface area (Å²) in [6.07, 6.45) is 1.50. The Hall–Kier alpha value is -1.59. The molecule has 1 aromatic carbocycles. The maximum Gasteiger partial charge on any atom is 0.410 e. The van der Waals surface area contributed by atoms with E-state index in [4.69, 9.17) is 14.6 Å². The van der Waals surface area contributed by atoms with Gasteiger partial charge in [-0.3, -0.25) is 0 Å². The molecule has 1 aromatic rings. The molecule has 3 atom stereocenters. The topological polar surface area (TPSA) is 59.0 Å². The summed E-state index contributed by atoms with van der Waals surface area (Å²) in [7, 11) is 0. The minimum atomic E-state index is -0.284. The molecule has 1 N–H and O–H groups in total. The van der Waals surface area contributed by atoms with Crippen LogP contribution in [0.3, 0.4) is 0 Å². The lowest BCUT2D eigenvalue weighted by Gasteiger charge is -2.33. The van der Waals surface area contributed by atoms with Gasteiger partial charge < -0.3 is 19.5 Å². The number of hydrogen-bond donors (Lipinski definition) is 1. The normalized spacial score (nSPS) is 28.2. The first-order valence-corrected chi connectivity index (χ1v) is 7.48. The number of likely N-dealkylation sites (tertiary alicyclic amines) is 1. The molecule has 5 heteroatoms. The molecular weight excluding hydrogens is 270 g/mol. The SMILES string of the molecule is O=C(OCc1ccccc1)N1CC[C@H]2C[C@H](CO)O[C@@H]2C1. The third kappa shape index (κ3) is 3.36. The van der Waals surface area contributed by atoms with Crippen LogP contribution in [0.4, 0.5) is 4.79 Å². The van der Waals surface area contributed by atoms with Crippen LogP contribution in [0.15, 0.2) is 30.3 Å². The third-order valence-corrected chi connectivity index (χ3v) is 4.30. The molecule has 5 nitrogen and oxygen atoms in total. The highest BCUT2D eigenvalue weighted by Crippen LogP contribution is 2.33. The van der Waals surface area contributed by atoms with Crippen LogP contribution in [-0.4, -0.2) is 48.0 Å². The highest BCUT2D eigenvalue weighted by atomic mass is 16.6. The summed E-state index contributed by atoms with van der Waals surface area (Å²) < 4.78 is 11.1. The van der Waals surface area contributed by atoms with Gasteiger partial charge in [0, 0.05) is 6.54 Å². The fraction of sp³-hybridized carbons (Fsp3) is 0.562. The highest BCUT2D eigenvalue weighted by molar-refractivity contribution is 5.67. The summed E-state index contributed by atoms with van der Waals surface area (Å²) >= 11 is 0. The van der Waals surface area contributed by atoms with E-state index in [0.29, 0.717) is 25.6 Å². The lowest BCUT2D eigenvalue weighted by Crippen LogP contribution is -2.45. The second-order valence-corrected chi connectivity index (χ2v) is 5.75. The lowest BCUT2D eigenvalue weighted by molar-refractivity contribution is -0.0241. The smallest absolute Gasteiger partial charge is 0.410 e. The Balaban J connectivity index is 1.50. The van der Waals surface area contributed by atoms with Crippen LogP contribution < -0.4 is 0 Å². The molecule has 1 amide bonds. The van der Waals surface area contributed by atoms with Crippen molar-refractivity contribution in [2.45, 2.75) is 31.7 Å². The van der Waals surface area contributed by atoms with Gasteiger partial charge in [0.15, 0.2) is 0 Å². The number of rotatable bonds is 3. The Morgan fingerprint density at radius 3 is 2.95 bits per heavy atom. The van der Waals surface area contributed by atoms with Crippen molar-refractivity contribution in [2.75, 3.05) is 19.7 Å². The molecule has 2 aliphatic heterocycles. The predicted octanol–water partition coefficient (Wildman–Crippen LogP) is 1.79. The first-order chi connectivity index (χ1) is 10.3. The molecule has 0 unspecified atom stereocenters. The van der Waals surface area contributed by atoms with E-state index in [1.54, 1.807) is 4.90 Å². The largest absolute Gasteiger partial charge is 0.445 e. The summed E-state index contributed by atoms with van der Waals surface area (Å²) in [5.74, 6) is 0.459. The van der Waals surface area contributed by atoms with Gasteiger partial charge in [-0.05, 0) is 24.3 Å². The first kappa shape index (κ1) is 14.4. The van der Waals surface area contributed by atoms with Gasteiger partial charge in [-0.25, -0.2) is 4.79 Å². The van der Waals surface area contributed by atoms with Crippen molar-refractivity contribution in [3.63, 3.8) is 0 Å². The second-order valence-electron chi connectivity index (χ2n) is 5.75. The van der Waals surface area contributed by atoms with Crippen LogP contribution in [0.5, 0.6) is 0 Å². The number of carbonyl (C=O) groups excluding carboxylic acids is 1. The number of aliphatic hydroxyl groups is 1. The number of ether oxygens (including phenoxy) is 2. The third-order valence-electron chi connectivity index (χ3n) is 4.30. The maximum absolute atomic E-state index is 12.1. The van der Waals surface area contributed by atoms with Crippen molar-refractivity contribution < 1.29 is 19.4 Å². The monoisotopic (exact) mass is 291 g/mol. The van der Waals surface area contributed by atoms with E-state index >= 15 is 0 Å². The van der Waals surface area contributed by atoms with Gasteiger partial charge in [-0.1, -0.05) is 30.3 Å². The Labute approximate surface area is 124 Å². The fourth-order valence-corrected chi connectivity index (χ4v) is 3.12. The Kier molecular flexibility index (Phi) is 4.41. The molecule has 0 aromatic heterocycles. The zero-order valence-corrected chi connectivity index (χ0v) is 12.0. The van der Waals surface area contributed by atoms with Gasteiger partial charge in [-0.15, -0.1) is 0 Å². The quantitative estimate of drug-likeness (QED) is 0.922. The van der Waals surface area contributed by atoms with Crippen LogP contribution in [0, 0.1) is 5.92 Å². The van der Waals surface area contributed by atoms with E-state index in [1.165, 1.54) is 0 Å². The van der Waals surface area contributed by atoms with Gasteiger partial charge >= 0.3 is 6.09 Å². The van der Waals surface area contributed by atoms with E-state index < -0.39 is 0 Å². The van der Waals surface area contributed by atoms with Crippen molar-refractivity contribution >= 4 is 6.09 Å².